The second-order valence-electron chi connectivity index (χ2n) is 5.05. The Morgan fingerprint density at radius 3 is 2.25 bits per heavy atom. The standard InChI is InChI=1S/C20H14N2O2/c21-14-15-10-12-17(13-11-15)24-19-9-5-4-8-18(19)22-20(23)16-6-2-1-3-7-16/h1-13H,(H,22,23). The number of carbonyl (C=O) groups is 1. The minimum Gasteiger partial charge on any atom is -0.455 e. The van der Waals surface area contributed by atoms with Gasteiger partial charge >= 0.3 is 0 Å². The molecule has 3 aromatic carbocycles. The summed E-state index contributed by atoms with van der Waals surface area (Å²) >= 11 is 0. The van der Waals surface area contributed by atoms with E-state index in [1.54, 1.807) is 48.5 Å². The molecule has 0 aliphatic rings. The molecule has 3 rings (SSSR count). The first-order valence-electron chi connectivity index (χ1n) is 7.40. The number of hydrogen-bond donors (Lipinski definition) is 1. The number of anilines is 1. The number of nitrogens with one attached hydrogen (secondary N) is 1. The van der Waals surface area contributed by atoms with E-state index in [2.05, 4.69) is 11.4 Å². The summed E-state index contributed by atoms with van der Waals surface area (Å²) in [4.78, 5) is 12.3. The molecule has 0 spiro atoms. The molecule has 0 aliphatic carbocycles. The highest BCUT2D eigenvalue weighted by molar-refractivity contribution is 6.05. The summed E-state index contributed by atoms with van der Waals surface area (Å²) in [6, 6.07) is 25.1. The van der Waals surface area contributed by atoms with Crippen LogP contribution in [0.15, 0.2) is 78.9 Å². The predicted octanol–water partition coefficient (Wildman–Crippen LogP) is 4.60. The minimum atomic E-state index is -0.202. The number of rotatable bonds is 4. The first kappa shape index (κ1) is 15.3. The lowest BCUT2D eigenvalue weighted by Gasteiger charge is -2.12. The van der Waals surface area contributed by atoms with Gasteiger partial charge in [0.05, 0.1) is 17.3 Å². The Kier molecular flexibility index (Phi) is 4.55. The van der Waals surface area contributed by atoms with E-state index in [0.29, 0.717) is 28.3 Å². The lowest BCUT2D eigenvalue weighted by atomic mass is 10.2. The summed E-state index contributed by atoms with van der Waals surface area (Å²) in [5.74, 6) is 0.924. The Labute approximate surface area is 139 Å². The maximum absolute atomic E-state index is 12.3. The first-order chi connectivity index (χ1) is 11.8. The quantitative estimate of drug-likeness (QED) is 0.765. The number of benzene rings is 3. The van der Waals surface area contributed by atoms with Gasteiger partial charge in [-0.25, -0.2) is 0 Å². The fraction of sp³-hybridized carbons (Fsp3) is 0. The van der Waals surface area contributed by atoms with Crippen LogP contribution in [0.3, 0.4) is 0 Å². The van der Waals surface area contributed by atoms with Crippen molar-refractivity contribution in [3.63, 3.8) is 0 Å². The molecule has 0 saturated carbocycles. The van der Waals surface area contributed by atoms with Gasteiger partial charge in [-0.15, -0.1) is 0 Å². The van der Waals surface area contributed by atoms with Crippen LogP contribution in [0.2, 0.25) is 0 Å². The van der Waals surface area contributed by atoms with E-state index in [4.69, 9.17) is 10.00 Å². The second-order valence-corrected chi connectivity index (χ2v) is 5.05. The lowest BCUT2D eigenvalue weighted by molar-refractivity contribution is 0.102. The van der Waals surface area contributed by atoms with Crippen molar-refractivity contribution in [2.45, 2.75) is 0 Å². The van der Waals surface area contributed by atoms with Gasteiger partial charge in [0.25, 0.3) is 5.91 Å². The van der Waals surface area contributed by atoms with Crippen LogP contribution in [0, 0.1) is 11.3 Å². The number of nitrogens with zero attached hydrogens (tertiary/aromatic N) is 1. The molecule has 0 aromatic heterocycles. The highest BCUT2D eigenvalue weighted by Gasteiger charge is 2.10. The van der Waals surface area contributed by atoms with Gasteiger partial charge in [-0.1, -0.05) is 30.3 Å². The van der Waals surface area contributed by atoms with E-state index in [9.17, 15) is 4.79 Å². The van der Waals surface area contributed by atoms with Crippen molar-refractivity contribution in [2.24, 2.45) is 0 Å². The summed E-state index contributed by atoms with van der Waals surface area (Å²) in [6.45, 7) is 0. The Bertz CT molecular complexity index is 882. The van der Waals surface area contributed by atoms with E-state index in [1.165, 1.54) is 0 Å². The van der Waals surface area contributed by atoms with Gasteiger partial charge in [0, 0.05) is 5.56 Å². The van der Waals surface area contributed by atoms with Crippen molar-refractivity contribution in [1.82, 2.24) is 0 Å². The fourth-order valence-electron chi connectivity index (χ4n) is 2.17. The Morgan fingerprint density at radius 1 is 0.875 bits per heavy atom. The number of ether oxygens (including phenoxy) is 1. The van der Waals surface area contributed by atoms with Gasteiger partial charge in [-0.3, -0.25) is 4.79 Å². The molecule has 1 amide bonds. The van der Waals surface area contributed by atoms with Crippen LogP contribution in [0.4, 0.5) is 5.69 Å². The molecule has 0 radical (unpaired) electrons. The summed E-state index contributed by atoms with van der Waals surface area (Å²) < 4.78 is 5.82. The summed E-state index contributed by atoms with van der Waals surface area (Å²) in [7, 11) is 0. The van der Waals surface area contributed by atoms with Crippen molar-refractivity contribution in [3.8, 4) is 17.6 Å². The monoisotopic (exact) mass is 314 g/mol. The van der Waals surface area contributed by atoms with Crippen LogP contribution < -0.4 is 10.1 Å². The van der Waals surface area contributed by atoms with E-state index < -0.39 is 0 Å². The van der Waals surface area contributed by atoms with Crippen molar-refractivity contribution < 1.29 is 9.53 Å². The number of carbonyl (C=O) groups excluding carboxylic acids is 1. The average Bonchev–Trinajstić information content (AvgIpc) is 2.64. The molecular weight excluding hydrogens is 300 g/mol. The number of nitriles is 1. The Hall–Kier alpha value is -3.58. The zero-order chi connectivity index (χ0) is 16.8. The number of amides is 1. The second kappa shape index (κ2) is 7.12. The lowest BCUT2D eigenvalue weighted by Crippen LogP contribution is -2.12. The van der Waals surface area contributed by atoms with Crippen molar-refractivity contribution >= 4 is 11.6 Å². The highest BCUT2D eigenvalue weighted by atomic mass is 16.5. The van der Waals surface area contributed by atoms with E-state index in [-0.39, 0.29) is 5.91 Å². The number of para-hydroxylation sites is 2. The van der Waals surface area contributed by atoms with E-state index >= 15 is 0 Å². The SMILES string of the molecule is N#Cc1ccc(Oc2ccccc2NC(=O)c2ccccc2)cc1. The topological polar surface area (TPSA) is 62.1 Å². The molecule has 3 aromatic rings. The van der Waals surface area contributed by atoms with Gasteiger partial charge < -0.3 is 10.1 Å². The number of hydrogen-bond acceptors (Lipinski definition) is 3. The van der Waals surface area contributed by atoms with E-state index in [0.717, 1.165) is 0 Å². The molecule has 0 heterocycles. The van der Waals surface area contributed by atoms with Gasteiger partial charge in [0.2, 0.25) is 0 Å². The van der Waals surface area contributed by atoms with Gasteiger partial charge in [0.1, 0.15) is 5.75 Å². The summed E-state index contributed by atoms with van der Waals surface area (Å²) in [6.07, 6.45) is 0. The van der Waals surface area contributed by atoms with Crippen LogP contribution in [0.1, 0.15) is 15.9 Å². The highest BCUT2D eigenvalue weighted by Crippen LogP contribution is 2.29. The molecule has 0 fully saturated rings. The molecule has 4 heteroatoms. The maximum atomic E-state index is 12.3. The van der Waals surface area contributed by atoms with Crippen molar-refractivity contribution in [2.75, 3.05) is 5.32 Å². The Morgan fingerprint density at radius 2 is 1.54 bits per heavy atom. The van der Waals surface area contributed by atoms with Crippen LogP contribution in [-0.2, 0) is 0 Å². The first-order valence-corrected chi connectivity index (χ1v) is 7.40. The normalized spacial score (nSPS) is 9.79. The third-order valence-corrected chi connectivity index (χ3v) is 3.38. The van der Waals surface area contributed by atoms with Crippen LogP contribution in [0.5, 0.6) is 11.5 Å². The molecule has 116 valence electrons. The minimum absolute atomic E-state index is 0.202. The third kappa shape index (κ3) is 3.60. The van der Waals surface area contributed by atoms with Crippen LogP contribution in [0.25, 0.3) is 0 Å². The average molecular weight is 314 g/mol. The van der Waals surface area contributed by atoms with E-state index in [1.807, 2.05) is 30.3 Å². The molecule has 4 nitrogen and oxygen atoms in total. The smallest absolute Gasteiger partial charge is 0.255 e. The zero-order valence-electron chi connectivity index (χ0n) is 12.8. The molecular formula is C20H14N2O2. The van der Waals surface area contributed by atoms with Crippen molar-refractivity contribution in [3.05, 3.63) is 90.0 Å². The zero-order valence-corrected chi connectivity index (χ0v) is 12.8. The van der Waals surface area contributed by atoms with Crippen molar-refractivity contribution in [1.29, 1.82) is 5.26 Å². The van der Waals surface area contributed by atoms with Gasteiger partial charge in [0.15, 0.2) is 5.75 Å². The summed E-state index contributed by atoms with van der Waals surface area (Å²) in [5, 5.41) is 11.7. The Balaban J connectivity index is 1.80. The fourth-order valence-corrected chi connectivity index (χ4v) is 2.17. The molecule has 0 aliphatic heterocycles. The molecule has 0 unspecified atom stereocenters. The summed E-state index contributed by atoms with van der Waals surface area (Å²) in [5.41, 5.74) is 1.72. The van der Waals surface area contributed by atoms with Gasteiger partial charge in [-0.2, -0.15) is 5.26 Å². The molecule has 0 saturated heterocycles. The largest absolute Gasteiger partial charge is 0.455 e. The van der Waals surface area contributed by atoms with Gasteiger partial charge in [-0.05, 0) is 48.5 Å². The predicted molar refractivity (Wildman–Crippen MR) is 92.1 cm³/mol. The van der Waals surface area contributed by atoms with Crippen LogP contribution in [-0.4, -0.2) is 5.91 Å². The molecule has 0 atom stereocenters. The molecule has 24 heavy (non-hydrogen) atoms. The molecule has 0 bridgehead atoms. The maximum Gasteiger partial charge on any atom is 0.255 e. The molecule has 1 N–H and O–H groups in total. The van der Waals surface area contributed by atoms with Crippen LogP contribution >= 0.6 is 0 Å². The third-order valence-electron chi connectivity index (χ3n) is 3.38.